The molecule has 0 spiro atoms. The molecule has 1 rings (SSSR count). The second-order valence-electron chi connectivity index (χ2n) is 5.39. The summed E-state index contributed by atoms with van der Waals surface area (Å²) in [5, 5.41) is 9.27. The number of rotatable bonds is 10. The lowest BCUT2D eigenvalue weighted by Crippen LogP contribution is -2.38. The van der Waals surface area contributed by atoms with Crippen LogP contribution in [-0.4, -0.2) is 45.3 Å². The summed E-state index contributed by atoms with van der Waals surface area (Å²) in [6, 6.07) is 5.65. The fraction of sp³-hybridized carbons (Fsp3) is 0.556. The summed E-state index contributed by atoms with van der Waals surface area (Å²) >= 11 is 0. The number of halogens is 1. The fourth-order valence-corrected chi connectivity index (χ4v) is 2.18. The van der Waals surface area contributed by atoms with Crippen molar-refractivity contribution in [2.45, 2.75) is 33.7 Å². The Morgan fingerprint density at radius 2 is 2.00 bits per heavy atom. The molecule has 1 aromatic rings. The van der Waals surface area contributed by atoms with E-state index in [-0.39, 0.29) is 29.9 Å². The van der Waals surface area contributed by atoms with Crippen LogP contribution in [0.25, 0.3) is 0 Å². The van der Waals surface area contributed by atoms with Crippen molar-refractivity contribution in [3.63, 3.8) is 0 Å². The van der Waals surface area contributed by atoms with Gasteiger partial charge < -0.3 is 25.4 Å². The topological polar surface area (TPSA) is 84.0 Å². The van der Waals surface area contributed by atoms with Crippen LogP contribution in [0.1, 0.15) is 32.8 Å². The number of carbonyl (C=O) groups excluding carboxylic acids is 1. The van der Waals surface area contributed by atoms with Crippen LogP contribution in [0, 0.1) is 0 Å². The third kappa shape index (κ3) is 9.81. The molecule has 1 amide bonds. The van der Waals surface area contributed by atoms with Crippen molar-refractivity contribution in [1.29, 1.82) is 0 Å². The highest BCUT2D eigenvalue weighted by Crippen LogP contribution is 2.25. The normalized spacial score (nSPS) is 10.7. The second-order valence-corrected chi connectivity index (χ2v) is 5.39. The molecule has 0 saturated heterocycles. The first-order chi connectivity index (χ1) is 12.1. The number of methoxy groups -OCH3 is 1. The van der Waals surface area contributed by atoms with Gasteiger partial charge in [0.15, 0.2) is 5.96 Å². The van der Waals surface area contributed by atoms with Crippen LogP contribution in [0.4, 0.5) is 5.69 Å². The van der Waals surface area contributed by atoms with Crippen LogP contribution in [0.5, 0.6) is 5.75 Å². The molecule has 0 aromatic heterocycles. The number of nitrogens with zero attached hydrogens (tertiary/aromatic N) is 1. The first-order valence-corrected chi connectivity index (χ1v) is 8.65. The Bertz CT molecular complexity index is 567. The van der Waals surface area contributed by atoms with E-state index in [0.29, 0.717) is 18.0 Å². The van der Waals surface area contributed by atoms with Crippen molar-refractivity contribution in [2.24, 2.45) is 4.99 Å². The maximum atomic E-state index is 11.3. The largest absolute Gasteiger partial charge is 0.495 e. The van der Waals surface area contributed by atoms with Gasteiger partial charge in [0, 0.05) is 33.2 Å². The minimum atomic E-state index is -0.136. The van der Waals surface area contributed by atoms with E-state index in [4.69, 9.17) is 9.47 Å². The van der Waals surface area contributed by atoms with Gasteiger partial charge in [0.1, 0.15) is 5.75 Å². The average molecular weight is 478 g/mol. The van der Waals surface area contributed by atoms with E-state index in [2.05, 4.69) is 20.9 Å². The second kappa shape index (κ2) is 14.6. The number of ether oxygens (including phenoxy) is 2. The molecule has 0 unspecified atom stereocenters. The van der Waals surface area contributed by atoms with E-state index < -0.39 is 0 Å². The van der Waals surface area contributed by atoms with E-state index in [1.165, 1.54) is 6.92 Å². The molecule has 0 bridgehead atoms. The third-order valence-corrected chi connectivity index (χ3v) is 3.30. The van der Waals surface area contributed by atoms with E-state index in [1.54, 1.807) is 7.11 Å². The molecule has 0 saturated carbocycles. The van der Waals surface area contributed by atoms with E-state index >= 15 is 0 Å². The molecule has 7 nitrogen and oxygen atoms in total. The number of amides is 1. The summed E-state index contributed by atoms with van der Waals surface area (Å²) in [6.45, 7) is 9.05. The predicted octanol–water partition coefficient (Wildman–Crippen LogP) is 2.75. The predicted molar refractivity (Wildman–Crippen MR) is 117 cm³/mol. The Kier molecular flexibility index (Phi) is 13.7. The van der Waals surface area contributed by atoms with Crippen molar-refractivity contribution >= 4 is 41.5 Å². The molecule has 26 heavy (non-hydrogen) atoms. The minimum Gasteiger partial charge on any atom is -0.495 e. The van der Waals surface area contributed by atoms with Gasteiger partial charge in [0.05, 0.1) is 19.3 Å². The van der Waals surface area contributed by atoms with Crippen LogP contribution in [0.15, 0.2) is 23.2 Å². The molecule has 1 aromatic carbocycles. The maximum Gasteiger partial charge on any atom is 0.221 e. The zero-order valence-electron chi connectivity index (χ0n) is 16.1. The van der Waals surface area contributed by atoms with Crippen LogP contribution in [0.3, 0.4) is 0 Å². The lowest BCUT2D eigenvalue weighted by atomic mass is 10.2. The Morgan fingerprint density at radius 1 is 1.23 bits per heavy atom. The standard InChI is InChI=1S/C18H30N4O3.HI/c1-5-19-18(20-10-7-11-25-6-2)21-13-15-8-9-17(24-4)16(12-15)22-14(3)23;/h8-9,12H,5-7,10-11,13H2,1-4H3,(H,22,23)(H2,19,20,21);1H. The number of anilines is 1. The lowest BCUT2D eigenvalue weighted by molar-refractivity contribution is -0.114. The number of hydrogen-bond donors (Lipinski definition) is 3. The lowest BCUT2D eigenvalue weighted by Gasteiger charge is -2.12. The van der Waals surface area contributed by atoms with Crippen molar-refractivity contribution in [3.05, 3.63) is 23.8 Å². The van der Waals surface area contributed by atoms with Gasteiger partial charge in [-0.25, -0.2) is 4.99 Å². The molecule has 0 fully saturated rings. The molecule has 0 atom stereocenters. The van der Waals surface area contributed by atoms with Gasteiger partial charge in [-0.2, -0.15) is 0 Å². The summed E-state index contributed by atoms with van der Waals surface area (Å²) in [7, 11) is 1.58. The number of carbonyl (C=O) groups is 1. The van der Waals surface area contributed by atoms with Gasteiger partial charge in [0.25, 0.3) is 0 Å². The summed E-state index contributed by atoms with van der Waals surface area (Å²) in [5.74, 6) is 1.25. The molecule has 0 aliphatic rings. The van der Waals surface area contributed by atoms with Gasteiger partial charge in [-0.1, -0.05) is 6.07 Å². The molecule has 3 N–H and O–H groups in total. The molecule has 0 aliphatic heterocycles. The summed E-state index contributed by atoms with van der Waals surface area (Å²) in [6.07, 6.45) is 0.924. The summed E-state index contributed by atoms with van der Waals surface area (Å²) in [4.78, 5) is 15.9. The Morgan fingerprint density at radius 3 is 2.62 bits per heavy atom. The summed E-state index contributed by atoms with van der Waals surface area (Å²) < 4.78 is 10.6. The zero-order chi connectivity index (χ0) is 18.5. The average Bonchev–Trinajstić information content (AvgIpc) is 2.59. The first-order valence-electron chi connectivity index (χ1n) is 8.65. The van der Waals surface area contributed by atoms with Crippen molar-refractivity contribution in [2.75, 3.05) is 38.7 Å². The third-order valence-electron chi connectivity index (χ3n) is 3.30. The molecular formula is C18H31IN4O3. The maximum absolute atomic E-state index is 11.3. The smallest absolute Gasteiger partial charge is 0.221 e. The number of benzene rings is 1. The van der Waals surface area contributed by atoms with Crippen molar-refractivity contribution in [3.8, 4) is 5.75 Å². The van der Waals surface area contributed by atoms with E-state index in [1.807, 2.05) is 32.0 Å². The number of nitrogens with one attached hydrogen (secondary N) is 3. The van der Waals surface area contributed by atoms with Crippen molar-refractivity contribution < 1.29 is 14.3 Å². The van der Waals surface area contributed by atoms with Gasteiger partial charge in [-0.15, -0.1) is 24.0 Å². The van der Waals surface area contributed by atoms with Crippen LogP contribution >= 0.6 is 24.0 Å². The Hall–Kier alpha value is -1.55. The molecule has 8 heteroatoms. The zero-order valence-corrected chi connectivity index (χ0v) is 18.4. The molecule has 0 aliphatic carbocycles. The molecule has 0 radical (unpaired) electrons. The molecule has 0 heterocycles. The van der Waals surface area contributed by atoms with Crippen molar-refractivity contribution in [1.82, 2.24) is 10.6 Å². The Balaban J connectivity index is 0.00000625. The van der Waals surface area contributed by atoms with Gasteiger partial charge >= 0.3 is 0 Å². The van der Waals surface area contributed by atoms with E-state index in [0.717, 1.165) is 44.2 Å². The fourth-order valence-electron chi connectivity index (χ4n) is 2.18. The van der Waals surface area contributed by atoms with Crippen LogP contribution in [0.2, 0.25) is 0 Å². The number of aliphatic imine (C=N–C) groups is 1. The first kappa shape index (κ1) is 24.5. The highest BCUT2D eigenvalue weighted by molar-refractivity contribution is 14.0. The minimum absolute atomic E-state index is 0. The van der Waals surface area contributed by atoms with Gasteiger partial charge in [0.2, 0.25) is 5.91 Å². The van der Waals surface area contributed by atoms with Crippen LogP contribution in [-0.2, 0) is 16.1 Å². The monoisotopic (exact) mass is 478 g/mol. The Labute approximate surface area is 173 Å². The quantitative estimate of drug-likeness (QED) is 0.209. The van der Waals surface area contributed by atoms with Crippen LogP contribution < -0.4 is 20.7 Å². The molecular weight excluding hydrogens is 447 g/mol. The highest BCUT2D eigenvalue weighted by atomic mass is 127. The number of guanidine groups is 1. The van der Waals surface area contributed by atoms with Gasteiger partial charge in [-0.05, 0) is 38.0 Å². The number of hydrogen-bond acceptors (Lipinski definition) is 4. The SMILES string of the molecule is CCNC(=NCc1ccc(OC)c(NC(C)=O)c1)NCCCOCC.I. The van der Waals surface area contributed by atoms with E-state index in [9.17, 15) is 4.79 Å². The van der Waals surface area contributed by atoms with Gasteiger partial charge in [-0.3, -0.25) is 4.79 Å². The highest BCUT2D eigenvalue weighted by Gasteiger charge is 2.06. The summed E-state index contributed by atoms with van der Waals surface area (Å²) in [5.41, 5.74) is 1.63. The molecule has 148 valence electrons.